The quantitative estimate of drug-likeness (QED) is 0.853. The molecule has 3 rings (SSSR count). The minimum Gasteiger partial charge on any atom is -0.376 e. The van der Waals surface area contributed by atoms with Gasteiger partial charge in [0.05, 0.1) is 6.10 Å². The predicted molar refractivity (Wildman–Crippen MR) is 91.7 cm³/mol. The third-order valence-corrected chi connectivity index (χ3v) is 5.58. The van der Waals surface area contributed by atoms with E-state index >= 15 is 0 Å². The zero-order valence-corrected chi connectivity index (χ0v) is 14.7. The molecule has 2 heterocycles. The number of nitrogens with one attached hydrogen (secondary N) is 1. The normalized spacial score (nSPS) is 25.8. The molecule has 2 saturated heterocycles. The molecule has 2 aliphatic heterocycles. The van der Waals surface area contributed by atoms with Gasteiger partial charge in [-0.1, -0.05) is 12.8 Å². The van der Waals surface area contributed by atoms with Crippen molar-refractivity contribution in [3.8, 4) is 0 Å². The second-order valence-corrected chi connectivity index (χ2v) is 7.40. The van der Waals surface area contributed by atoms with Crippen LogP contribution in [0.4, 0.5) is 4.79 Å². The first-order valence-corrected chi connectivity index (χ1v) is 9.64. The zero-order chi connectivity index (χ0) is 16.8. The van der Waals surface area contributed by atoms with Gasteiger partial charge in [0.15, 0.2) is 0 Å². The van der Waals surface area contributed by atoms with Crippen LogP contribution in [0.2, 0.25) is 0 Å². The highest BCUT2D eigenvalue weighted by molar-refractivity contribution is 5.77. The Morgan fingerprint density at radius 1 is 0.917 bits per heavy atom. The molecule has 0 radical (unpaired) electrons. The van der Waals surface area contributed by atoms with Gasteiger partial charge in [-0.2, -0.15) is 0 Å². The van der Waals surface area contributed by atoms with Crippen molar-refractivity contribution in [2.75, 3.05) is 39.3 Å². The number of rotatable bonds is 4. The van der Waals surface area contributed by atoms with Crippen LogP contribution >= 0.6 is 0 Å². The number of urea groups is 1. The topological polar surface area (TPSA) is 61.9 Å². The molecule has 0 unspecified atom stereocenters. The smallest absolute Gasteiger partial charge is 0.317 e. The lowest BCUT2D eigenvalue weighted by Gasteiger charge is -2.24. The van der Waals surface area contributed by atoms with Crippen LogP contribution in [0.25, 0.3) is 0 Å². The Morgan fingerprint density at radius 3 is 2.42 bits per heavy atom. The highest BCUT2D eigenvalue weighted by Gasteiger charge is 2.25. The number of hydrogen-bond acceptors (Lipinski definition) is 3. The van der Waals surface area contributed by atoms with Gasteiger partial charge in [-0.25, -0.2) is 4.79 Å². The maximum atomic E-state index is 12.5. The molecular weight excluding hydrogens is 306 g/mol. The summed E-state index contributed by atoms with van der Waals surface area (Å²) in [5.74, 6) is 0.870. The second kappa shape index (κ2) is 8.70. The van der Waals surface area contributed by atoms with Crippen molar-refractivity contribution < 1.29 is 14.3 Å². The van der Waals surface area contributed by atoms with Crippen molar-refractivity contribution in [1.82, 2.24) is 15.1 Å². The summed E-state index contributed by atoms with van der Waals surface area (Å²) in [7, 11) is 0. The summed E-state index contributed by atoms with van der Waals surface area (Å²) in [6.45, 7) is 4.21. The van der Waals surface area contributed by atoms with Gasteiger partial charge in [-0.15, -0.1) is 0 Å². The molecule has 0 aromatic rings. The molecule has 6 nitrogen and oxygen atoms in total. The van der Waals surface area contributed by atoms with E-state index in [9.17, 15) is 9.59 Å². The number of hydrogen-bond donors (Lipinski definition) is 1. The first kappa shape index (κ1) is 17.5. The predicted octanol–water partition coefficient (Wildman–Crippen LogP) is 1.99. The Morgan fingerprint density at radius 2 is 1.67 bits per heavy atom. The van der Waals surface area contributed by atoms with Gasteiger partial charge in [0, 0.05) is 45.8 Å². The van der Waals surface area contributed by atoms with Crippen LogP contribution in [-0.4, -0.2) is 67.2 Å². The van der Waals surface area contributed by atoms with Crippen LogP contribution in [0, 0.1) is 5.92 Å². The van der Waals surface area contributed by atoms with E-state index in [0.717, 1.165) is 39.0 Å². The number of ether oxygens (including phenoxy) is 1. The lowest BCUT2D eigenvalue weighted by molar-refractivity contribution is -0.132. The lowest BCUT2D eigenvalue weighted by Crippen LogP contribution is -2.44. The highest BCUT2D eigenvalue weighted by atomic mass is 16.5. The molecule has 24 heavy (non-hydrogen) atoms. The molecule has 1 saturated carbocycles. The maximum Gasteiger partial charge on any atom is 0.317 e. The van der Waals surface area contributed by atoms with E-state index in [4.69, 9.17) is 4.74 Å². The van der Waals surface area contributed by atoms with E-state index in [2.05, 4.69) is 5.32 Å². The fourth-order valence-electron chi connectivity index (χ4n) is 4.08. The van der Waals surface area contributed by atoms with Crippen molar-refractivity contribution in [3.63, 3.8) is 0 Å². The molecule has 136 valence electrons. The minimum absolute atomic E-state index is 0.0180. The molecule has 3 aliphatic rings. The largest absolute Gasteiger partial charge is 0.376 e. The Bertz CT molecular complexity index is 431. The summed E-state index contributed by atoms with van der Waals surface area (Å²) in [4.78, 5) is 28.6. The van der Waals surface area contributed by atoms with E-state index in [1.165, 1.54) is 25.7 Å². The van der Waals surface area contributed by atoms with Crippen LogP contribution in [0.3, 0.4) is 0 Å². The molecule has 6 heteroatoms. The van der Waals surface area contributed by atoms with Crippen molar-refractivity contribution in [2.24, 2.45) is 5.92 Å². The Labute approximate surface area is 144 Å². The number of amides is 3. The summed E-state index contributed by atoms with van der Waals surface area (Å²) in [5.41, 5.74) is 0. The Hall–Kier alpha value is -1.30. The average molecular weight is 337 g/mol. The third-order valence-electron chi connectivity index (χ3n) is 5.58. The van der Waals surface area contributed by atoms with Crippen LogP contribution in [0.5, 0.6) is 0 Å². The van der Waals surface area contributed by atoms with Crippen LogP contribution < -0.4 is 5.32 Å². The fourth-order valence-corrected chi connectivity index (χ4v) is 4.08. The number of carbonyl (C=O) groups excluding carboxylic acids is 2. The molecule has 3 amide bonds. The van der Waals surface area contributed by atoms with Crippen LogP contribution in [-0.2, 0) is 9.53 Å². The van der Waals surface area contributed by atoms with E-state index in [0.29, 0.717) is 32.0 Å². The summed E-state index contributed by atoms with van der Waals surface area (Å²) in [6, 6.07) is -0.0180. The summed E-state index contributed by atoms with van der Waals surface area (Å²) in [6.07, 6.45) is 8.81. The second-order valence-electron chi connectivity index (χ2n) is 7.40. The minimum atomic E-state index is -0.0180. The maximum absolute atomic E-state index is 12.5. The molecule has 0 aromatic heterocycles. The van der Waals surface area contributed by atoms with E-state index in [1.54, 1.807) is 0 Å². The SMILES string of the molecule is O=C(CC1CCCC1)N1CCCN(C(=O)NC[C@@H]2CCCO2)CC1. The van der Waals surface area contributed by atoms with Gasteiger partial charge in [0.25, 0.3) is 0 Å². The molecule has 3 fully saturated rings. The highest BCUT2D eigenvalue weighted by Crippen LogP contribution is 2.28. The molecule has 0 spiro atoms. The van der Waals surface area contributed by atoms with Gasteiger partial charge in [-0.3, -0.25) is 4.79 Å². The number of carbonyl (C=O) groups is 2. The summed E-state index contributed by atoms with van der Waals surface area (Å²) < 4.78 is 5.54. The van der Waals surface area contributed by atoms with Gasteiger partial charge in [-0.05, 0) is 38.0 Å². The molecule has 0 bridgehead atoms. The molecule has 1 aliphatic carbocycles. The summed E-state index contributed by atoms with van der Waals surface area (Å²) >= 11 is 0. The van der Waals surface area contributed by atoms with E-state index in [1.807, 2.05) is 9.80 Å². The van der Waals surface area contributed by atoms with Crippen molar-refractivity contribution in [1.29, 1.82) is 0 Å². The van der Waals surface area contributed by atoms with E-state index in [-0.39, 0.29) is 18.0 Å². The molecular formula is C18H31N3O3. The standard InChI is InChI=1S/C18H31N3O3/c22-17(13-15-5-1-2-6-15)20-8-4-9-21(11-10-20)18(23)19-14-16-7-3-12-24-16/h15-16H,1-14H2,(H,19,23)/t16-/m0/s1. The van der Waals surface area contributed by atoms with Crippen LogP contribution in [0.15, 0.2) is 0 Å². The van der Waals surface area contributed by atoms with Gasteiger partial charge in [0.2, 0.25) is 5.91 Å². The van der Waals surface area contributed by atoms with Gasteiger partial charge >= 0.3 is 6.03 Å². The Kier molecular flexibility index (Phi) is 6.35. The lowest BCUT2D eigenvalue weighted by atomic mass is 10.0. The van der Waals surface area contributed by atoms with E-state index < -0.39 is 0 Å². The first-order chi connectivity index (χ1) is 11.7. The molecule has 1 atom stereocenters. The van der Waals surface area contributed by atoms with Gasteiger partial charge in [0.1, 0.15) is 0 Å². The van der Waals surface area contributed by atoms with Crippen molar-refractivity contribution >= 4 is 11.9 Å². The first-order valence-electron chi connectivity index (χ1n) is 9.64. The number of nitrogens with zero attached hydrogens (tertiary/aromatic N) is 2. The van der Waals surface area contributed by atoms with Crippen LogP contribution in [0.1, 0.15) is 51.4 Å². The van der Waals surface area contributed by atoms with Crippen molar-refractivity contribution in [3.05, 3.63) is 0 Å². The molecule has 0 aromatic carbocycles. The summed E-state index contributed by atoms with van der Waals surface area (Å²) in [5, 5.41) is 2.98. The molecule has 1 N–H and O–H groups in total. The fraction of sp³-hybridized carbons (Fsp3) is 0.889. The van der Waals surface area contributed by atoms with Crippen molar-refractivity contribution in [2.45, 2.75) is 57.5 Å². The van der Waals surface area contributed by atoms with Gasteiger partial charge < -0.3 is 19.9 Å². The third kappa shape index (κ3) is 4.85. The Balaban J connectivity index is 1.40. The monoisotopic (exact) mass is 337 g/mol. The zero-order valence-electron chi connectivity index (χ0n) is 14.7. The average Bonchev–Trinajstić information content (AvgIpc) is 3.22.